The predicted molar refractivity (Wildman–Crippen MR) is 126 cm³/mol. The molecule has 0 radical (unpaired) electrons. The number of carbonyl (C=O) groups excluding carboxylic acids is 4. The van der Waals surface area contributed by atoms with E-state index >= 15 is 0 Å². The summed E-state index contributed by atoms with van der Waals surface area (Å²) in [5.41, 5.74) is -0.220. The lowest BCUT2D eigenvalue weighted by Gasteiger charge is -2.28. The van der Waals surface area contributed by atoms with Gasteiger partial charge in [-0.2, -0.15) is 0 Å². The number of phenolic OH excluding ortho intramolecular Hbond substituents is 2. The number of aliphatic hydroxyl groups excluding tert-OH is 1. The number of carbonyl (C=O) groups is 4. The summed E-state index contributed by atoms with van der Waals surface area (Å²) in [5.74, 6) is -1.56. The molecular formula is C22H33N3O8S. The van der Waals surface area contributed by atoms with Crippen LogP contribution >= 0.6 is 11.8 Å². The third-order valence-electron chi connectivity index (χ3n) is 4.67. The Bertz CT molecular complexity index is 863. The number of hydrogen-bond donors (Lipinski definition) is 6. The van der Waals surface area contributed by atoms with Crippen LogP contribution in [0.1, 0.15) is 32.8 Å². The summed E-state index contributed by atoms with van der Waals surface area (Å²) in [4.78, 5) is 46.7. The number of thioether (sulfide) groups is 1. The van der Waals surface area contributed by atoms with Gasteiger partial charge in [-0.15, -0.1) is 0 Å². The maximum atomic E-state index is 12.1. The van der Waals surface area contributed by atoms with E-state index in [9.17, 15) is 34.5 Å². The lowest BCUT2D eigenvalue weighted by atomic mass is 9.87. The van der Waals surface area contributed by atoms with Crippen LogP contribution in [0.4, 0.5) is 4.79 Å². The molecular weight excluding hydrogens is 466 g/mol. The summed E-state index contributed by atoms with van der Waals surface area (Å²) in [5, 5.41) is 36.4. The van der Waals surface area contributed by atoms with Crippen molar-refractivity contribution >= 4 is 34.8 Å². The molecule has 12 heteroatoms. The predicted octanol–water partition coefficient (Wildman–Crippen LogP) is 0.656. The van der Waals surface area contributed by atoms with Crippen molar-refractivity contribution in [3.05, 3.63) is 23.8 Å². The average molecular weight is 500 g/mol. The van der Waals surface area contributed by atoms with E-state index in [0.29, 0.717) is 18.7 Å². The number of amides is 3. The van der Waals surface area contributed by atoms with Crippen molar-refractivity contribution in [1.82, 2.24) is 16.0 Å². The standard InChI is InChI=1S/C22H33N3O8S/c1-14(26)33-13-22(2,3)19(30)20(31)24-9-7-18(29)23-10-11-34-21(32)25-8-6-15-4-5-16(27)17(28)12-15/h4-5,12,19,27-28,30H,6-11,13H2,1-3H3,(H,23,29)(H,24,31)(H,25,32)/t19-/m0/s1. The Kier molecular flexibility index (Phi) is 12.2. The molecule has 0 aliphatic heterocycles. The summed E-state index contributed by atoms with van der Waals surface area (Å²) in [6.07, 6.45) is -0.929. The maximum absolute atomic E-state index is 12.1. The third-order valence-corrected chi connectivity index (χ3v) is 5.48. The number of nitrogens with one attached hydrogen (secondary N) is 3. The molecule has 0 unspecified atom stereocenters. The Hall–Kier alpha value is -2.99. The van der Waals surface area contributed by atoms with Crippen LogP contribution in [-0.2, 0) is 25.5 Å². The van der Waals surface area contributed by atoms with Gasteiger partial charge in [-0.1, -0.05) is 31.7 Å². The Balaban J connectivity index is 2.15. The number of rotatable bonds is 13. The minimum Gasteiger partial charge on any atom is -0.504 e. The maximum Gasteiger partial charge on any atom is 0.302 e. The molecule has 6 N–H and O–H groups in total. The molecule has 0 spiro atoms. The molecule has 0 saturated heterocycles. The second-order valence-electron chi connectivity index (χ2n) is 8.20. The van der Waals surface area contributed by atoms with Crippen molar-refractivity contribution in [1.29, 1.82) is 0 Å². The van der Waals surface area contributed by atoms with Gasteiger partial charge >= 0.3 is 5.97 Å². The van der Waals surface area contributed by atoms with Gasteiger partial charge in [0.25, 0.3) is 5.24 Å². The highest BCUT2D eigenvalue weighted by Gasteiger charge is 2.34. The summed E-state index contributed by atoms with van der Waals surface area (Å²) < 4.78 is 4.85. The minimum atomic E-state index is -1.41. The van der Waals surface area contributed by atoms with Crippen LogP contribution in [0, 0.1) is 5.41 Å². The van der Waals surface area contributed by atoms with Gasteiger partial charge in [0.05, 0.1) is 6.61 Å². The SMILES string of the molecule is CC(=O)OCC(C)(C)[C@@H](O)C(=O)NCCC(=O)NCCSC(=O)NCCc1ccc(O)c(O)c1. The molecule has 0 aliphatic rings. The fourth-order valence-electron chi connectivity index (χ4n) is 2.62. The third kappa shape index (κ3) is 11.2. The van der Waals surface area contributed by atoms with Gasteiger partial charge in [0, 0.05) is 44.1 Å². The first kappa shape index (κ1) is 29.0. The van der Waals surface area contributed by atoms with Gasteiger partial charge < -0.3 is 36.0 Å². The molecule has 0 saturated carbocycles. The number of aliphatic hydroxyl groups is 1. The first-order valence-corrected chi connectivity index (χ1v) is 11.7. The average Bonchev–Trinajstić information content (AvgIpc) is 2.77. The van der Waals surface area contributed by atoms with E-state index in [0.717, 1.165) is 17.3 Å². The van der Waals surface area contributed by atoms with E-state index in [1.54, 1.807) is 19.9 Å². The molecule has 0 aromatic heterocycles. The first-order valence-electron chi connectivity index (χ1n) is 10.7. The van der Waals surface area contributed by atoms with E-state index in [-0.39, 0.29) is 48.8 Å². The fraction of sp³-hybridized carbons (Fsp3) is 0.545. The van der Waals surface area contributed by atoms with Crippen molar-refractivity contribution in [3.8, 4) is 11.5 Å². The van der Waals surface area contributed by atoms with Crippen molar-refractivity contribution in [2.45, 2.75) is 39.7 Å². The quantitative estimate of drug-likeness (QED) is 0.129. The zero-order valence-electron chi connectivity index (χ0n) is 19.6. The van der Waals surface area contributed by atoms with Crippen molar-refractivity contribution in [3.63, 3.8) is 0 Å². The number of esters is 1. The van der Waals surface area contributed by atoms with Crippen LogP contribution in [0.2, 0.25) is 0 Å². The molecule has 1 atom stereocenters. The van der Waals surface area contributed by atoms with Crippen molar-refractivity contribution < 1.29 is 39.2 Å². The van der Waals surface area contributed by atoms with Gasteiger partial charge in [0.2, 0.25) is 11.8 Å². The normalized spacial score (nSPS) is 11.9. The number of hydrogen-bond acceptors (Lipinski definition) is 9. The number of phenols is 2. The topological polar surface area (TPSA) is 174 Å². The van der Waals surface area contributed by atoms with Gasteiger partial charge in [-0.25, -0.2) is 0 Å². The lowest BCUT2D eigenvalue weighted by Crippen LogP contribution is -2.46. The molecule has 3 amide bonds. The van der Waals surface area contributed by atoms with E-state index in [1.807, 2.05) is 0 Å². The van der Waals surface area contributed by atoms with Crippen LogP contribution in [0.25, 0.3) is 0 Å². The van der Waals surface area contributed by atoms with Crippen molar-refractivity contribution in [2.75, 3.05) is 32.0 Å². The molecule has 1 aromatic rings. The van der Waals surface area contributed by atoms with Gasteiger partial charge in [0.15, 0.2) is 11.5 Å². The summed E-state index contributed by atoms with van der Waals surface area (Å²) in [6, 6.07) is 4.46. The monoisotopic (exact) mass is 499 g/mol. The van der Waals surface area contributed by atoms with Gasteiger partial charge in [-0.3, -0.25) is 19.2 Å². The smallest absolute Gasteiger partial charge is 0.302 e. The molecule has 34 heavy (non-hydrogen) atoms. The van der Waals surface area contributed by atoms with Crippen LogP contribution < -0.4 is 16.0 Å². The van der Waals surface area contributed by atoms with Crippen LogP contribution in [0.3, 0.4) is 0 Å². The van der Waals surface area contributed by atoms with Crippen molar-refractivity contribution in [2.24, 2.45) is 5.41 Å². The first-order chi connectivity index (χ1) is 15.9. The number of benzene rings is 1. The molecule has 0 heterocycles. The lowest BCUT2D eigenvalue weighted by molar-refractivity contribution is -0.151. The van der Waals surface area contributed by atoms with E-state index in [2.05, 4.69) is 16.0 Å². The van der Waals surface area contributed by atoms with Crippen LogP contribution in [0.5, 0.6) is 11.5 Å². The van der Waals surface area contributed by atoms with E-state index in [1.165, 1.54) is 19.1 Å². The molecule has 0 fully saturated rings. The summed E-state index contributed by atoms with van der Waals surface area (Å²) in [7, 11) is 0. The second kappa shape index (κ2) is 14.3. The molecule has 0 aliphatic carbocycles. The minimum absolute atomic E-state index is 0.000821. The van der Waals surface area contributed by atoms with Gasteiger partial charge in [-0.05, 0) is 24.1 Å². The van der Waals surface area contributed by atoms with E-state index < -0.39 is 23.4 Å². The molecule has 0 bridgehead atoms. The Morgan fingerprint density at radius 2 is 1.74 bits per heavy atom. The zero-order chi connectivity index (χ0) is 25.7. The Labute approximate surface area is 202 Å². The largest absolute Gasteiger partial charge is 0.504 e. The molecule has 11 nitrogen and oxygen atoms in total. The highest BCUT2D eigenvalue weighted by Crippen LogP contribution is 2.25. The number of ether oxygens (including phenoxy) is 1. The highest BCUT2D eigenvalue weighted by atomic mass is 32.2. The Morgan fingerprint density at radius 1 is 1.03 bits per heavy atom. The highest BCUT2D eigenvalue weighted by molar-refractivity contribution is 8.13. The molecule has 190 valence electrons. The fourth-order valence-corrected chi connectivity index (χ4v) is 3.22. The summed E-state index contributed by atoms with van der Waals surface area (Å²) >= 11 is 1.01. The van der Waals surface area contributed by atoms with Crippen LogP contribution in [-0.4, -0.2) is 76.4 Å². The molecule has 1 aromatic carbocycles. The second-order valence-corrected chi connectivity index (χ2v) is 9.27. The van der Waals surface area contributed by atoms with E-state index in [4.69, 9.17) is 4.74 Å². The van der Waals surface area contributed by atoms with Gasteiger partial charge in [0.1, 0.15) is 6.10 Å². The Morgan fingerprint density at radius 3 is 2.38 bits per heavy atom. The van der Waals surface area contributed by atoms with Crippen LogP contribution in [0.15, 0.2) is 18.2 Å². The zero-order valence-corrected chi connectivity index (χ0v) is 20.4. The number of aromatic hydroxyl groups is 2. The summed E-state index contributed by atoms with van der Waals surface area (Å²) in [6.45, 7) is 4.91. The molecule has 1 rings (SSSR count).